The second-order valence-corrected chi connectivity index (χ2v) is 7.44. The molecule has 26 heavy (non-hydrogen) atoms. The second-order valence-electron chi connectivity index (χ2n) is 7.44. The van der Waals surface area contributed by atoms with Gasteiger partial charge in [-0.1, -0.05) is 61.0 Å². The fourth-order valence-electron chi connectivity index (χ4n) is 3.98. The van der Waals surface area contributed by atoms with Crippen molar-refractivity contribution in [1.29, 1.82) is 0 Å². The predicted octanol–water partition coefficient (Wildman–Crippen LogP) is 5.40. The zero-order valence-electron chi connectivity index (χ0n) is 15.7. The molecular formula is C24H29NO. The Morgan fingerprint density at radius 2 is 1.92 bits per heavy atom. The van der Waals surface area contributed by atoms with E-state index >= 15 is 0 Å². The van der Waals surface area contributed by atoms with Crippen molar-refractivity contribution < 1.29 is 4.79 Å². The molecule has 0 aromatic heterocycles. The van der Waals surface area contributed by atoms with Gasteiger partial charge in [-0.05, 0) is 66.9 Å². The van der Waals surface area contributed by atoms with Crippen LogP contribution in [-0.2, 0) is 11.3 Å². The van der Waals surface area contributed by atoms with Crippen molar-refractivity contribution in [3.63, 3.8) is 0 Å². The van der Waals surface area contributed by atoms with Gasteiger partial charge in [0.15, 0.2) is 5.78 Å². The summed E-state index contributed by atoms with van der Waals surface area (Å²) in [7, 11) is 0. The lowest BCUT2D eigenvalue weighted by molar-refractivity contribution is -0.118. The summed E-state index contributed by atoms with van der Waals surface area (Å²) in [6.45, 7) is 2.67. The molecule has 1 saturated carbocycles. The van der Waals surface area contributed by atoms with Crippen LogP contribution in [0.3, 0.4) is 0 Å². The van der Waals surface area contributed by atoms with Gasteiger partial charge in [0, 0.05) is 12.5 Å². The quantitative estimate of drug-likeness (QED) is 0.581. The number of benzene rings is 2. The first-order valence-electron chi connectivity index (χ1n) is 9.74. The fourth-order valence-corrected chi connectivity index (χ4v) is 3.98. The first kappa shape index (κ1) is 18.6. The third kappa shape index (κ3) is 4.70. The number of nitrogens with two attached hydrogens (primary N) is 1. The van der Waals surface area contributed by atoms with E-state index in [1.807, 2.05) is 18.2 Å². The predicted molar refractivity (Wildman–Crippen MR) is 109 cm³/mol. The van der Waals surface area contributed by atoms with E-state index in [2.05, 4.69) is 43.3 Å². The van der Waals surface area contributed by atoms with Gasteiger partial charge in [-0.25, -0.2) is 0 Å². The highest BCUT2D eigenvalue weighted by Gasteiger charge is 2.23. The molecule has 2 atom stereocenters. The number of rotatable bonds is 5. The summed E-state index contributed by atoms with van der Waals surface area (Å²) in [5.41, 5.74) is 10.7. The highest BCUT2D eigenvalue weighted by atomic mass is 16.1. The molecule has 0 spiro atoms. The first-order valence-corrected chi connectivity index (χ1v) is 9.74. The topological polar surface area (TPSA) is 43.1 Å². The van der Waals surface area contributed by atoms with E-state index in [9.17, 15) is 4.79 Å². The molecular weight excluding hydrogens is 318 g/mol. The minimum atomic E-state index is 0.165. The molecule has 0 bridgehead atoms. The summed E-state index contributed by atoms with van der Waals surface area (Å²) in [5, 5.41) is 0. The van der Waals surface area contributed by atoms with Gasteiger partial charge in [-0.15, -0.1) is 0 Å². The number of carbonyl (C=O) groups is 1. The molecule has 1 aliphatic rings. The maximum Gasteiger partial charge on any atom is 0.158 e. The molecule has 0 amide bonds. The minimum absolute atomic E-state index is 0.165. The van der Waals surface area contributed by atoms with E-state index in [1.54, 1.807) is 6.08 Å². The van der Waals surface area contributed by atoms with Crippen LogP contribution in [0.5, 0.6) is 0 Å². The maximum absolute atomic E-state index is 12.7. The van der Waals surface area contributed by atoms with Crippen LogP contribution in [0.2, 0.25) is 0 Å². The van der Waals surface area contributed by atoms with Gasteiger partial charge in [-0.2, -0.15) is 0 Å². The highest BCUT2D eigenvalue weighted by Crippen LogP contribution is 2.35. The van der Waals surface area contributed by atoms with Gasteiger partial charge in [0.2, 0.25) is 0 Å². The van der Waals surface area contributed by atoms with E-state index in [0.717, 1.165) is 31.2 Å². The van der Waals surface area contributed by atoms with E-state index < -0.39 is 0 Å². The summed E-state index contributed by atoms with van der Waals surface area (Å²) < 4.78 is 0. The fraction of sp³-hybridized carbons (Fsp3) is 0.375. The van der Waals surface area contributed by atoms with Crippen LogP contribution >= 0.6 is 0 Å². The Hall–Kier alpha value is -2.19. The Morgan fingerprint density at radius 3 is 2.73 bits per heavy atom. The highest BCUT2D eigenvalue weighted by molar-refractivity contribution is 5.95. The average Bonchev–Trinajstić information content (AvgIpc) is 2.93. The molecule has 1 aliphatic carbocycles. The van der Waals surface area contributed by atoms with Gasteiger partial charge >= 0.3 is 0 Å². The number of ketones is 1. The molecule has 2 N–H and O–H groups in total. The SMILES string of the molecule is Cc1ccccc1/C=C/C(=O)C1CCCC(c2cccc(CN)c2)CC1. The molecule has 2 nitrogen and oxygen atoms in total. The molecule has 2 aromatic carbocycles. The van der Waals surface area contributed by atoms with Gasteiger partial charge in [-0.3, -0.25) is 4.79 Å². The second kappa shape index (κ2) is 8.95. The zero-order chi connectivity index (χ0) is 18.4. The third-order valence-corrected chi connectivity index (χ3v) is 5.64. The molecule has 0 radical (unpaired) electrons. The summed E-state index contributed by atoms with van der Waals surface area (Å²) in [5.74, 6) is 1.00. The molecule has 3 rings (SSSR count). The van der Waals surface area contributed by atoms with E-state index in [1.165, 1.54) is 23.1 Å². The number of hydrogen-bond acceptors (Lipinski definition) is 2. The van der Waals surface area contributed by atoms with E-state index in [4.69, 9.17) is 5.73 Å². The third-order valence-electron chi connectivity index (χ3n) is 5.64. The lowest BCUT2D eigenvalue weighted by Crippen LogP contribution is -2.11. The van der Waals surface area contributed by atoms with Crippen molar-refractivity contribution in [2.24, 2.45) is 11.7 Å². The van der Waals surface area contributed by atoms with Gasteiger partial charge < -0.3 is 5.73 Å². The summed E-state index contributed by atoms with van der Waals surface area (Å²) in [4.78, 5) is 12.7. The summed E-state index contributed by atoms with van der Waals surface area (Å²) in [6.07, 6.45) is 9.12. The largest absolute Gasteiger partial charge is 0.326 e. The van der Waals surface area contributed by atoms with Crippen LogP contribution in [-0.4, -0.2) is 5.78 Å². The smallest absolute Gasteiger partial charge is 0.158 e. The maximum atomic E-state index is 12.7. The number of allylic oxidation sites excluding steroid dienone is 1. The molecule has 2 aromatic rings. The lowest BCUT2D eigenvalue weighted by Gasteiger charge is -2.15. The Morgan fingerprint density at radius 1 is 1.08 bits per heavy atom. The molecule has 2 unspecified atom stereocenters. The normalized spacial score (nSPS) is 20.8. The number of hydrogen-bond donors (Lipinski definition) is 1. The monoisotopic (exact) mass is 347 g/mol. The Kier molecular flexibility index (Phi) is 6.40. The van der Waals surface area contributed by atoms with Crippen LogP contribution in [0.25, 0.3) is 6.08 Å². The molecule has 0 aliphatic heterocycles. The molecule has 1 fully saturated rings. The van der Waals surface area contributed by atoms with Crippen molar-refractivity contribution in [2.75, 3.05) is 0 Å². The van der Waals surface area contributed by atoms with Crippen LogP contribution < -0.4 is 5.73 Å². The zero-order valence-corrected chi connectivity index (χ0v) is 15.7. The van der Waals surface area contributed by atoms with Gasteiger partial charge in [0.05, 0.1) is 0 Å². The first-order chi connectivity index (χ1) is 12.7. The molecule has 136 valence electrons. The summed E-state index contributed by atoms with van der Waals surface area (Å²) >= 11 is 0. The van der Waals surface area contributed by atoms with Crippen molar-refractivity contribution >= 4 is 11.9 Å². The Bertz CT molecular complexity index is 777. The molecule has 2 heteroatoms. The minimum Gasteiger partial charge on any atom is -0.326 e. The Labute approximate surface area is 157 Å². The number of aryl methyl sites for hydroxylation is 1. The van der Waals surface area contributed by atoms with Crippen molar-refractivity contribution in [1.82, 2.24) is 0 Å². The van der Waals surface area contributed by atoms with Crippen molar-refractivity contribution in [2.45, 2.75) is 51.5 Å². The molecule has 0 saturated heterocycles. The average molecular weight is 348 g/mol. The Balaban J connectivity index is 1.62. The van der Waals surface area contributed by atoms with Crippen molar-refractivity contribution in [3.05, 3.63) is 76.9 Å². The van der Waals surface area contributed by atoms with E-state index in [0.29, 0.717) is 12.5 Å². The standard InChI is InChI=1S/C24H29NO/c1-18-6-2-3-8-20(18)14-15-24(26)22-10-5-9-21(12-13-22)23-11-4-7-19(16-23)17-25/h2-4,6-8,11,14-16,21-22H,5,9-10,12-13,17,25H2,1H3/b15-14+. The van der Waals surface area contributed by atoms with Crippen LogP contribution in [0.4, 0.5) is 0 Å². The summed E-state index contributed by atoms with van der Waals surface area (Å²) in [6, 6.07) is 16.8. The lowest BCUT2D eigenvalue weighted by atomic mass is 9.89. The van der Waals surface area contributed by atoms with Crippen LogP contribution in [0, 0.1) is 12.8 Å². The van der Waals surface area contributed by atoms with Gasteiger partial charge in [0.1, 0.15) is 0 Å². The van der Waals surface area contributed by atoms with Crippen molar-refractivity contribution in [3.8, 4) is 0 Å². The molecule has 0 heterocycles. The van der Waals surface area contributed by atoms with Crippen LogP contribution in [0.1, 0.15) is 60.3 Å². The van der Waals surface area contributed by atoms with Gasteiger partial charge in [0.25, 0.3) is 0 Å². The number of carbonyl (C=O) groups excluding carboxylic acids is 1. The van der Waals surface area contributed by atoms with E-state index in [-0.39, 0.29) is 11.7 Å². The van der Waals surface area contributed by atoms with Crippen LogP contribution in [0.15, 0.2) is 54.6 Å².